The third kappa shape index (κ3) is 3.37. The third-order valence-electron chi connectivity index (χ3n) is 2.53. The van der Waals surface area contributed by atoms with Crippen molar-refractivity contribution < 1.29 is 0 Å². The highest BCUT2D eigenvalue weighted by Gasteiger charge is 2.13. The molecule has 2 atom stereocenters. The van der Waals surface area contributed by atoms with Crippen LogP contribution in [0.15, 0.2) is 15.9 Å². The topological polar surface area (TPSA) is 12.0 Å². The van der Waals surface area contributed by atoms with Crippen LogP contribution in [-0.4, -0.2) is 6.04 Å². The van der Waals surface area contributed by atoms with Crippen molar-refractivity contribution in [1.82, 2.24) is 5.32 Å². The Morgan fingerprint density at radius 3 is 2.29 bits per heavy atom. The van der Waals surface area contributed by atoms with E-state index in [2.05, 4.69) is 61.1 Å². The zero-order valence-electron chi connectivity index (χ0n) is 9.17. The number of rotatable bonds is 4. The molecule has 1 rings (SSSR count). The van der Waals surface area contributed by atoms with Crippen molar-refractivity contribution in [1.29, 1.82) is 0 Å². The molecule has 0 aliphatic rings. The standard InChI is InChI=1S/C11H18BrNS/c1-7(2)8(3)13-9(4)10-5-6-11(12)14-10/h5-9,13H,1-4H3. The molecule has 0 bridgehead atoms. The van der Waals surface area contributed by atoms with E-state index >= 15 is 0 Å². The Hall–Kier alpha value is 0.140. The Labute approximate surface area is 99.0 Å². The molecular weight excluding hydrogens is 258 g/mol. The van der Waals surface area contributed by atoms with Crippen molar-refractivity contribution in [2.24, 2.45) is 5.92 Å². The molecule has 80 valence electrons. The minimum absolute atomic E-state index is 0.448. The molecular formula is C11H18BrNS. The van der Waals surface area contributed by atoms with E-state index in [9.17, 15) is 0 Å². The molecule has 0 saturated carbocycles. The molecule has 2 unspecified atom stereocenters. The highest BCUT2D eigenvalue weighted by molar-refractivity contribution is 9.11. The van der Waals surface area contributed by atoms with Crippen molar-refractivity contribution in [3.05, 3.63) is 20.8 Å². The van der Waals surface area contributed by atoms with Crippen LogP contribution < -0.4 is 5.32 Å². The van der Waals surface area contributed by atoms with Gasteiger partial charge in [-0.25, -0.2) is 0 Å². The van der Waals surface area contributed by atoms with E-state index in [0.717, 1.165) is 0 Å². The van der Waals surface area contributed by atoms with E-state index in [-0.39, 0.29) is 0 Å². The van der Waals surface area contributed by atoms with Crippen LogP contribution in [0.1, 0.15) is 38.6 Å². The maximum Gasteiger partial charge on any atom is 0.0701 e. The minimum Gasteiger partial charge on any atom is -0.307 e. The van der Waals surface area contributed by atoms with Crippen LogP contribution >= 0.6 is 27.3 Å². The molecule has 0 saturated heterocycles. The van der Waals surface area contributed by atoms with E-state index in [1.807, 2.05) is 0 Å². The predicted octanol–water partition coefficient (Wildman–Crippen LogP) is 4.21. The van der Waals surface area contributed by atoms with Gasteiger partial charge in [-0.05, 0) is 47.8 Å². The zero-order valence-corrected chi connectivity index (χ0v) is 11.6. The lowest BCUT2D eigenvalue weighted by Crippen LogP contribution is -2.32. The molecule has 0 fully saturated rings. The number of thiophene rings is 1. The molecule has 1 nitrogen and oxygen atoms in total. The van der Waals surface area contributed by atoms with Gasteiger partial charge in [-0.1, -0.05) is 13.8 Å². The SMILES string of the molecule is CC(NC(C)C(C)C)c1ccc(Br)s1. The van der Waals surface area contributed by atoms with Crippen LogP contribution in [0.25, 0.3) is 0 Å². The maximum atomic E-state index is 3.60. The molecule has 1 heterocycles. The first-order valence-electron chi connectivity index (χ1n) is 5.02. The normalized spacial score (nSPS) is 15.9. The van der Waals surface area contributed by atoms with Gasteiger partial charge in [0.05, 0.1) is 3.79 Å². The molecule has 1 aromatic heterocycles. The predicted molar refractivity (Wildman–Crippen MR) is 67.9 cm³/mol. The summed E-state index contributed by atoms with van der Waals surface area (Å²) in [7, 11) is 0. The zero-order chi connectivity index (χ0) is 10.7. The molecule has 3 heteroatoms. The van der Waals surface area contributed by atoms with E-state index in [0.29, 0.717) is 18.0 Å². The number of nitrogens with one attached hydrogen (secondary N) is 1. The monoisotopic (exact) mass is 275 g/mol. The van der Waals surface area contributed by atoms with Gasteiger partial charge in [0, 0.05) is 17.0 Å². The van der Waals surface area contributed by atoms with E-state index in [1.165, 1.54) is 8.66 Å². The summed E-state index contributed by atoms with van der Waals surface area (Å²) in [6.45, 7) is 8.95. The van der Waals surface area contributed by atoms with Crippen molar-refractivity contribution in [3.8, 4) is 0 Å². The second-order valence-electron chi connectivity index (χ2n) is 4.06. The molecule has 1 N–H and O–H groups in total. The van der Waals surface area contributed by atoms with Gasteiger partial charge in [-0.2, -0.15) is 0 Å². The summed E-state index contributed by atoms with van der Waals surface area (Å²) in [4.78, 5) is 1.39. The fraction of sp³-hybridized carbons (Fsp3) is 0.636. The van der Waals surface area contributed by atoms with Gasteiger partial charge in [0.15, 0.2) is 0 Å². The van der Waals surface area contributed by atoms with E-state index in [4.69, 9.17) is 0 Å². The van der Waals surface area contributed by atoms with Crippen molar-refractivity contribution >= 4 is 27.3 Å². The van der Waals surface area contributed by atoms with Crippen LogP contribution in [0.3, 0.4) is 0 Å². The summed E-state index contributed by atoms with van der Waals surface area (Å²) in [5, 5.41) is 3.60. The minimum atomic E-state index is 0.448. The van der Waals surface area contributed by atoms with Crippen molar-refractivity contribution in [2.75, 3.05) is 0 Å². The van der Waals surface area contributed by atoms with Crippen LogP contribution in [0.5, 0.6) is 0 Å². The van der Waals surface area contributed by atoms with Crippen LogP contribution in [0, 0.1) is 5.92 Å². The van der Waals surface area contributed by atoms with Gasteiger partial charge in [0.1, 0.15) is 0 Å². The van der Waals surface area contributed by atoms with Crippen LogP contribution in [0.4, 0.5) is 0 Å². The summed E-state index contributed by atoms with van der Waals surface area (Å²) >= 11 is 5.29. The smallest absolute Gasteiger partial charge is 0.0701 e. The Balaban J connectivity index is 2.54. The summed E-state index contributed by atoms with van der Waals surface area (Å²) in [6.07, 6.45) is 0. The van der Waals surface area contributed by atoms with Crippen molar-refractivity contribution in [3.63, 3.8) is 0 Å². The van der Waals surface area contributed by atoms with Crippen LogP contribution in [0.2, 0.25) is 0 Å². The highest BCUT2D eigenvalue weighted by Crippen LogP contribution is 2.27. The van der Waals surface area contributed by atoms with E-state index < -0.39 is 0 Å². The van der Waals surface area contributed by atoms with Gasteiger partial charge < -0.3 is 5.32 Å². The largest absolute Gasteiger partial charge is 0.307 e. The Kier molecular flexibility index (Phi) is 4.61. The summed E-state index contributed by atoms with van der Waals surface area (Å²) in [5.41, 5.74) is 0. The van der Waals surface area contributed by atoms with Gasteiger partial charge >= 0.3 is 0 Å². The number of hydrogen-bond donors (Lipinski definition) is 1. The molecule has 0 radical (unpaired) electrons. The lowest BCUT2D eigenvalue weighted by atomic mass is 10.1. The van der Waals surface area contributed by atoms with E-state index in [1.54, 1.807) is 11.3 Å². The number of hydrogen-bond acceptors (Lipinski definition) is 2. The molecule has 1 aromatic rings. The molecule has 0 spiro atoms. The Morgan fingerprint density at radius 1 is 1.21 bits per heavy atom. The molecule has 0 amide bonds. The summed E-state index contributed by atoms with van der Waals surface area (Å²) < 4.78 is 1.21. The molecule has 0 aliphatic heterocycles. The molecule has 0 aliphatic carbocycles. The van der Waals surface area contributed by atoms with Gasteiger partial charge in [0.25, 0.3) is 0 Å². The fourth-order valence-electron chi connectivity index (χ4n) is 1.23. The Morgan fingerprint density at radius 2 is 1.86 bits per heavy atom. The quantitative estimate of drug-likeness (QED) is 0.868. The average molecular weight is 276 g/mol. The van der Waals surface area contributed by atoms with Gasteiger partial charge in [0.2, 0.25) is 0 Å². The summed E-state index contributed by atoms with van der Waals surface area (Å²) in [5.74, 6) is 0.681. The third-order valence-corrected chi connectivity index (χ3v) is 4.34. The first-order valence-corrected chi connectivity index (χ1v) is 6.63. The lowest BCUT2D eigenvalue weighted by Gasteiger charge is -2.22. The summed E-state index contributed by atoms with van der Waals surface area (Å²) in [6, 6.07) is 5.30. The highest BCUT2D eigenvalue weighted by atomic mass is 79.9. The van der Waals surface area contributed by atoms with Crippen molar-refractivity contribution in [2.45, 2.75) is 39.8 Å². The second kappa shape index (κ2) is 5.29. The second-order valence-corrected chi connectivity index (χ2v) is 6.56. The maximum absolute atomic E-state index is 3.60. The average Bonchev–Trinajstić information content (AvgIpc) is 2.51. The molecule has 0 aromatic carbocycles. The first kappa shape index (κ1) is 12.2. The Bertz CT molecular complexity index is 283. The molecule has 14 heavy (non-hydrogen) atoms. The van der Waals surface area contributed by atoms with Gasteiger partial charge in [-0.15, -0.1) is 11.3 Å². The van der Waals surface area contributed by atoms with Gasteiger partial charge in [-0.3, -0.25) is 0 Å². The fourth-order valence-corrected chi connectivity index (χ4v) is 2.66. The number of halogens is 1. The lowest BCUT2D eigenvalue weighted by molar-refractivity contribution is 0.391. The first-order chi connectivity index (χ1) is 6.50. The van der Waals surface area contributed by atoms with Crippen LogP contribution in [-0.2, 0) is 0 Å².